The summed E-state index contributed by atoms with van der Waals surface area (Å²) in [6.07, 6.45) is -0.346. The number of nitrogens with zero attached hydrogens (tertiary/aromatic N) is 2. The van der Waals surface area contributed by atoms with Gasteiger partial charge in [-0.2, -0.15) is 13.2 Å². The Balaban J connectivity index is 2.10. The molecule has 20 heavy (non-hydrogen) atoms. The number of alkyl halides is 3. The molecule has 0 aliphatic rings. The highest BCUT2D eigenvalue weighted by molar-refractivity contribution is 5.25. The van der Waals surface area contributed by atoms with Gasteiger partial charge in [-0.05, 0) is 31.0 Å². The Labute approximate surface area is 115 Å². The van der Waals surface area contributed by atoms with Gasteiger partial charge in [0.05, 0.1) is 11.6 Å². The van der Waals surface area contributed by atoms with Crippen LogP contribution >= 0.6 is 0 Å². The molecule has 108 valence electrons. The summed E-state index contributed by atoms with van der Waals surface area (Å²) in [5.41, 5.74) is 6.18. The maximum Gasteiger partial charge on any atom is 0.416 e. The summed E-state index contributed by atoms with van der Waals surface area (Å²) in [4.78, 5) is 4.20. The van der Waals surface area contributed by atoms with E-state index in [1.165, 1.54) is 12.1 Å². The van der Waals surface area contributed by atoms with E-state index < -0.39 is 11.7 Å². The molecule has 0 aliphatic heterocycles. The molecule has 2 aromatic rings. The van der Waals surface area contributed by atoms with Crippen molar-refractivity contribution < 1.29 is 13.2 Å². The smallest absolute Gasteiger partial charge is 0.334 e. The van der Waals surface area contributed by atoms with Gasteiger partial charge in [-0.25, -0.2) is 4.98 Å². The molecule has 0 saturated carbocycles. The first-order valence-electron chi connectivity index (χ1n) is 6.34. The second-order valence-electron chi connectivity index (χ2n) is 4.58. The molecule has 0 amide bonds. The van der Waals surface area contributed by atoms with Crippen molar-refractivity contribution in [1.29, 1.82) is 0 Å². The van der Waals surface area contributed by atoms with Gasteiger partial charge >= 0.3 is 6.18 Å². The number of benzene rings is 1. The van der Waals surface area contributed by atoms with Crippen molar-refractivity contribution in [2.75, 3.05) is 0 Å². The van der Waals surface area contributed by atoms with Gasteiger partial charge in [0.25, 0.3) is 0 Å². The van der Waals surface area contributed by atoms with Gasteiger partial charge in [-0.1, -0.05) is 12.1 Å². The Kier molecular flexibility index (Phi) is 4.13. The van der Waals surface area contributed by atoms with Crippen LogP contribution in [0, 0.1) is 0 Å². The van der Waals surface area contributed by atoms with Gasteiger partial charge in [0.2, 0.25) is 0 Å². The van der Waals surface area contributed by atoms with Crippen molar-refractivity contribution in [2.24, 2.45) is 5.73 Å². The number of hydrogen-bond acceptors (Lipinski definition) is 2. The molecule has 2 N–H and O–H groups in total. The average molecular weight is 283 g/mol. The molecule has 0 radical (unpaired) electrons. The largest absolute Gasteiger partial charge is 0.416 e. The summed E-state index contributed by atoms with van der Waals surface area (Å²) in [6.45, 7) is 2.74. The van der Waals surface area contributed by atoms with Crippen LogP contribution in [0.1, 0.15) is 29.9 Å². The van der Waals surface area contributed by atoms with Crippen molar-refractivity contribution in [3.63, 3.8) is 0 Å². The van der Waals surface area contributed by atoms with Gasteiger partial charge in [0.1, 0.15) is 5.82 Å². The molecule has 0 saturated heterocycles. The van der Waals surface area contributed by atoms with Crippen LogP contribution in [-0.2, 0) is 19.1 Å². The van der Waals surface area contributed by atoms with E-state index in [-0.39, 0.29) is 6.04 Å². The van der Waals surface area contributed by atoms with Crippen LogP contribution in [0.3, 0.4) is 0 Å². The number of aromatic nitrogens is 2. The molecule has 3 nitrogen and oxygen atoms in total. The van der Waals surface area contributed by atoms with Crippen LogP contribution in [0.2, 0.25) is 0 Å². The molecular formula is C14H16F3N3. The van der Waals surface area contributed by atoms with E-state index in [1.54, 1.807) is 6.20 Å². The van der Waals surface area contributed by atoms with E-state index in [1.807, 2.05) is 17.7 Å². The van der Waals surface area contributed by atoms with Crippen molar-refractivity contribution in [3.05, 3.63) is 53.6 Å². The zero-order valence-corrected chi connectivity index (χ0v) is 11.1. The number of hydrogen-bond donors (Lipinski definition) is 1. The first-order chi connectivity index (χ1) is 9.41. The highest BCUT2D eigenvalue weighted by Crippen LogP contribution is 2.29. The minimum absolute atomic E-state index is 0.332. The van der Waals surface area contributed by atoms with Gasteiger partial charge in [-0.15, -0.1) is 0 Å². The van der Waals surface area contributed by atoms with Crippen LogP contribution in [0.15, 0.2) is 36.7 Å². The second kappa shape index (κ2) is 5.66. The van der Waals surface area contributed by atoms with Crippen molar-refractivity contribution in [2.45, 2.75) is 32.1 Å². The van der Waals surface area contributed by atoms with Gasteiger partial charge in [0.15, 0.2) is 0 Å². The van der Waals surface area contributed by atoms with Gasteiger partial charge < -0.3 is 10.3 Å². The van der Waals surface area contributed by atoms with Crippen LogP contribution in [0.4, 0.5) is 13.2 Å². The SMILES string of the molecule is CCn1ccnc1C(N)Cc1ccc(C(F)(F)F)cc1. The summed E-state index contributed by atoms with van der Waals surface area (Å²) < 4.78 is 39.3. The predicted molar refractivity (Wildman–Crippen MR) is 70.0 cm³/mol. The molecule has 0 aliphatic carbocycles. The molecule has 1 unspecified atom stereocenters. The van der Waals surface area contributed by atoms with E-state index in [4.69, 9.17) is 5.73 Å². The highest BCUT2D eigenvalue weighted by Gasteiger charge is 2.30. The monoisotopic (exact) mass is 283 g/mol. The quantitative estimate of drug-likeness (QED) is 0.936. The standard InChI is InChI=1S/C14H16F3N3/c1-2-20-8-7-19-13(20)12(18)9-10-3-5-11(6-4-10)14(15,16)17/h3-8,12H,2,9,18H2,1H3. The molecule has 1 atom stereocenters. The Morgan fingerprint density at radius 3 is 2.45 bits per heavy atom. The maximum atomic E-state index is 12.5. The van der Waals surface area contributed by atoms with Crippen LogP contribution in [-0.4, -0.2) is 9.55 Å². The molecule has 2 rings (SSSR count). The number of aryl methyl sites for hydroxylation is 1. The van der Waals surface area contributed by atoms with Crippen molar-refractivity contribution >= 4 is 0 Å². The Morgan fingerprint density at radius 1 is 1.25 bits per heavy atom. The normalized spacial score (nSPS) is 13.4. The molecule has 1 heterocycles. The van der Waals surface area contributed by atoms with Crippen molar-refractivity contribution in [3.8, 4) is 0 Å². The lowest BCUT2D eigenvalue weighted by Crippen LogP contribution is -2.18. The fourth-order valence-corrected chi connectivity index (χ4v) is 2.09. The van der Waals surface area contributed by atoms with Crippen LogP contribution in [0.5, 0.6) is 0 Å². The summed E-state index contributed by atoms with van der Waals surface area (Å²) in [7, 11) is 0. The van der Waals surface area contributed by atoms with E-state index >= 15 is 0 Å². The third kappa shape index (κ3) is 3.19. The number of nitrogens with two attached hydrogens (primary N) is 1. The molecule has 6 heteroatoms. The summed E-state index contributed by atoms with van der Waals surface area (Å²) in [5.74, 6) is 0.743. The molecule has 1 aromatic carbocycles. The lowest BCUT2D eigenvalue weighted by Gasteiger charge is -2.14. The molecule has 0 spiro atoms. The van der Waals surface area contributed by atoms with E-state index in [9.17, 15) is 13.2 Å². The number of halogens is 3. The first-order valence-corrected chi connectivity index (χ1v) is 6.34. The lowest BCUT2D eigenvalue weighted by molar-refractivity contribution is -0.137. The summed E-state index contributed by atoms with van der Waals surface area (Å²) in [6, 6.07) is 4.74. The van der Waals surface area contributed by atoms with Crippen molar-refractivity contribution in [1.82, 2.24) is 9.55 Å². The first kappa shape index (κ1) is 14.6. The Hall–Kier alpha value is -1.82. The summed E-state index contributed by atoms with van der Waals surface area (Å²) >= 11 is 0. The number of imidazole rings is 1. The third-order valence-electron chi connectivity index (χ3n) is 3.16. The van der Waals surface area contributed by atoms with Crippen LogP contribution in [0.25, 0.3) is 0 Å². The van der Waals surface area contributed by atoms with Gasteiger partial charge in [0, 0.05) is 18.9 Å². The summed E-state index contributed by atoms with van der Waals surface area (Å²) in [5, 5.41) is 0. The van der Waals surface area contributed by atoms with Gasteiger partial charge in [-0.3, -0.25) is 0 Å². The highest BCUT2D eigenvalue weighted by atomic mass is 19.4. The second-order valence-corrected chi connectivity index (χ2v) is 4.58. The molecule has 0 bridgehead atoms. The van der Waals surface area contributed by atoms with E-state index in [0.29, 0.717) is 6.42 Å². The fraction of sp³-hybridized carbons (Fsp3) is 0.357. The molecule has 0 fully saturated rings. The van der Waals surface area contributed by atoms with E-state index in [0.717, 1.165) is 30.1 Å². The lowest BCUT2D eigenvalue weighted by atomic mass is 10.0. The predicted octanol–water partition coefficient (Wildman–Crippen LogP) is 3.16. The zero-order chi connectivity index (χ0) is 14.8. The fourth-order valence-electron chi connectivity index (χ4n) is 2.09. The Bertz CT molecular complexity index is 558. The van der Waals surface area contributed by atoms with E-state index in [2.05, 4.69) is 4.98 Å². The third-order valence-corrected chi connectivity index (χ3v) is 3.16. The average Bonchev–Trinajstić information content (AvgIpc) is 2.86. The van der Waals surface area contributed by atoms with Crippen LogP contribution < -0.4 is 5.73 Å². The maximum absolute atomic E-state index is 12.5. The molecular weight excluding hydrogens is 267 g/mol. The topological polar surface area (TPSA) is 43.8 Å². The Morgan fingerprint density at radius 2 is 1.90 bits per heavy atom. The number of rotatable bonds is 4. The molecule has 1 aromatic heterocycles. The minimum Gasteiger partial charge on any atom is -0.334 e. The minimum atomic E-state index is -4.31. The zero-order valence-electron chi connectivity index (χ0n) is 11.1.